The van der Waals surface area contributed by atoms with E-state index in [1.807, 2.05) is 6.07 Å². The summed E-state index contributed by atoms with van der Waals surface area (Å²) >= 11 is 0. The molecule has 6 nitrogen and oxygen atoms in total. The monoisotopic (exact) mass is 383 g/mol. The number of ether oxygens (including phenoxy) is 3. The first-order valence-electron chi connectivity index (χ1n) is 10.3. The van der Waals surface area contributed by atoms with E-state index >= 15 is 0 Å². The number of Topliss-reactive ketones (excluding diaryl/α,β-unsaturated/α-hetero) is 1. The molecule has 28 heavy (non-hydrogen) atoms. The maximum absolute atomic E-state index is 13.1. The third-order valence-corrected chi connectivity index (χ3v) is 7.88. The van der Waals surface area contributed by atoms with E-state index in [-0.39, 0.29) is 23.7 Å². The van der Waals surface area contributed by atoms with Crippen molar-refractivity contribution in [3.63, 3.8) is 0 Å². The van der Waals surface area contributed by atoms with Gasteiger partial charge in [-0.2, -0.15) is 0 Å². The van der Waals surface area contributed by atoms with Crippen molar-refractivity contribution in [2.24, 2.45) is 5.92 Å². The second-order valence-electron chi connectivity index (χ2n) is 9.10. The number of methoxy groups -OCH3 is 1. The van der Waals surface area contributed by atoms with Gasteiger partial charge in [-0.05, 0) is 57.3 Å². The van der Waals surface area contributed by atoms with E-state index in [2.05, 4.69) is 18.0 Å². The first-order valence-corrected chi connectivity index (χ1v) is 10.3. The van der Waals surface area contributed by atoms with Gasteiger partial charge in [0.1, 0.15) is 5.60 Å². The zero-order chi connectivity index (χ0) is 19.3. The van der Waals surface area contributed by atoms with E-state index in [1.165, 1.54) is 5.56 Å². The molecule has 2 bridgehead atoms. The third-order valence-electron chi connectivity index (χ3n) is 7.88. The molecule has 3 fully saturated rings. The van der Waals surface area contributed by atoms with Gasteiger partial charge < -0.3 is 14.2 Å². The molecule has 2 aliphatic heterocycles. The molecule has 3 aliphatic carbocycles. The summed E-state index contributed by atoms with van der Waals surface area (Å²) in [6.45, 7) is 0.858. The lowest BCUT2D eigenvalue weighted by Gasteiger charge is -2.63. The number of ketones is 1. The van der Waals surface area contributed by atoms with Crippen LogP contribution in [0.15, 0.2) is 12.1 Å². The zero-order valence-corrected chi connectivity index (χ0v) is 16.3. The summed E-state index contributed by atoms with van der Waals surface area (Å²) in [5, 5.41) is 0. The van der Waals surface area contributed by atoms with E-state index in [0.29, 0.717) is 24.3 Å². The van der Waals surface area contributed by atoms with Crippen LogP contribution >= 0.6 is 0 Å². The first kappa shape index (κ1) is 16.8. The SMILES string of the molecule is COc1ccc2c3c1O[C@H]1C(=O)CC[C@@]4(OC(=O)C5CC5)[C@@H](C2)N(C)CC[C@]314. The van der Waals surface area contributed by atoms with Gasteiger partial charge in [-0.25, -0.2) is 0 Å². The van der Waals surface area contributed by atoms with E-state index in [1.54, 1.807) is 7.11 Å². The van der Waals surface area contributed by atoms with Crippen LogP contribution in [0.3, 0.4) is 0 Å². The van der Waals surface area contributed by atoms with E-state index in [9.17, 15) is 9.59 Å². The number of esters is 1. The predicted molar refractivity (Wildman–Crippen MR) is 99.6 cm³/mol. The largest absolute Gasteiger partial charge is 0.493 e. The van der Waals surface area contributed by atoms with Crippen LogP contribution in [-0.4, -0.2) is 55.1 Å². The maximum atomic E-state index is 13.1. The summed E-state index contributed by atoms with van der Waals surface area (Å²) < 4.78 is 18.4. The number of carbonyl (C=O) groups excluding carboxylic acids is 2. The molecule has 1 saturated heterocycles. The van der Waals surface area contributed by atoms with Crippen LogP contribution in [0.4, 0.5) is 0 Å². The van der Waals surface area contributed by atoms with Gasteiger partial charge in [0.25, 0.3) is 0 Å². The average Bonchev–Trinajstić information content (AvgIpc) is 3.47. The van der Waals surface area contributed by atoms with Gasteiger partial charge >= 0.3 is 5.97 Å². The molecular formula is C22H25NO5. The fourth-order valence-electron chi connectivity index (χ4n) is 6.45. The van der Waals surface area contributed by atoms with Crippen LogP contribution in [0.5, 0.6) is 11.5 Å². The Kier molecular flexibility index (Phi) is 3.18. The van der Waals surface area contributed by atoms with E-state index in [4.69, 9.17) is 14.2 Å². The number of likely N-dealkylation sites (tertiary alicyclic amines) is 1. The normalized spacial score (nSPS) is 37.9. The van der Waals surface area contributed by atoms with Crippen molar-refractivity contribution in [2.75, 3.05) is 20.7 Å². The first-order chi connectivity index (χ1) is 13.5. The van der Waals surface area contributed by atoms with Gasteiger partial charge in [-0.3, -0.25) is 14.5 Å². The lowest BCUT2D eigenvalue weighted by Crippen LogP contribution is -2.77. The smallest absolute Gasteiger partial charge is 0.309 e. The molecule has 1 aromatic carbocycles. The standard InChI is InChI=1S/C22H25NO5/c1-23-10-9-21-17-13-5-6-15(26-2)18(17)27-19(21)14(24)7-8-22(21,16(23)11-13)28-20(25)12-3-4-12/h5-6,12,16,19H,3-4,7-11H2,1-2H3/t16-,19+,21+,22-/m1/s1. The van der Waals surface area contributed by atoms with Crippen LogP contribution in [-0.2, 0) is 26.2 Å². The van der Waals surface area contributed by atoms with Crippen LogP contribution < -0.4 is 9.47 Å². The highest BCUT2D eigenvalue weighted by molar-refractivity contribution is 5.90. The minimum absolute atomic E-state index is 0.0291. The number of hydrogen-bond donors (Lipinski definition) is 0. The Bertz CT molecular complexity index is 908. The van der Waals surface area contributed by atoms with Crippen molar-refractivity contribution in [3.8, 4) is 11.5 Å². The summed E-state index contributed by atoms with van der Waals surface area (Å²) in [5.41, 5.74) is 0.963. The number of carbonyl (C=O) groups is 2. The fourth-order valence-corrected chi connectivity index (χ4v) is 6.45. The summed E-state index contributed by atoms with van der Waals surface area (Å²) in [6, 6.07) is 4.10. The highest BCUT2D eigenvalue weighted by Crippen LogP contribution is 2.66. The van der Waals surface area contributed by atoms with Gasteiger partial charge in [-0.15, -0.1) is 0 Å². The summed E-state index contributed by atoms with van der Waals surface area (Å²) in [7, 11) is 3.74. The Morgan fingerprint density at radius 2 is 2.11 bits per heavy atom. The molecule has 0 amide bonds. The van der Waals surface area contributed by atoms with Gasteiger partial charge in [0.2, 0.25) is 0 Å². The maximum Gasteiger partial charge on any atom is 0.309 e. The van der Waals surface area contributed by atoms with Crippen molar-refractivity contribution in [1.29, 1.82) is 0 Å². The number of hydrogen-bond acceptors (Lipinski definition) is 6. The number of piperidine rings is 1. The van der Waals surface area contributed by atoms with Crippen LogP contribution in [0.1, 0.15) is 43.2 Å². The quantitative estimate of drug-likeness (QED) is 0.744. The lowest BCUT2D eigenvalue weighted by atomic mass is 9.49. The molecule has 0 unspecified atom stereocenters. The van der Waals surface area contributed by atoms with Crippen molar-refractivity contribution >= 4 is 11.8 Å². The molecule has 6 rings (SSSR count). The molecule has 1 spiro atoms. The second kappa shape index (κ2) is 5.29. The summed E-state index contributed by atoms with van der Waals surface area (Å²) in [4.78, 5) is 28.3. The van der Waals surface area contributed by atoms with E-state index in [0.717, 1.165) is 37.8 Å². The Morgan fingerprint density at radius 1 is 1.29 bits per heavy atom. The molecule has 2 heterocycles. The molecule has 0 radical (unpaired) electrons. The summed E-state index contributed by atoms with van der Waals surface area (Å²) in [6.07, 6.45) is 3.76. The predicted octanol–water partition coefficient (Wildman–Crippen LogP) is 2.01. The Hall–Kier alpha value is -2.08. The molecular weight excluding hydrogens is 358 g/mol. The third kappa shape index (κ3) is 1.78. The molecule has 148 valence electrons. The highest BCUT2D eigenvalue weighted by atomic mass is 16.6. The van der Waals surface area contributed by atoms with Crippen molar-refractivity contribution in [3.05, 3.63) is 23.3 Å². The van der Waals surface area contributed by atoms with E-state index < -0.39 is 17.1 Å². The van der Waals surface area contributed by atoms with Crippen LogP contribution in [0, 0.1) is 5.92 Å². The Balaban J connectivity index is 1.62. The van der Waals surface area contributed by atoms with Gasteiger partial charge in [0.05, 0.1) is 24.5 Å². The molecule has 0 aromatic heterocycles. The topological polar surface area (TPSA) is 65.1 Å². The minimum Gasteiger partial charge on any atom is -0.493 e. The second-order valence-corrected chi connectivity index (χ2v) is 9.10. The van der Waals surface area contributed by atoms with Gasteiger partial charge in [0.15, 0.2) is 23.4 Å². The van der Waals surface area contributed by atoms with Gasteiger partial charge in [0, 0.05) is 12.0 Å². The van der Waals surface area contributed by atoms with Crippen molar-refractivity contribution in [2.45, 2.75) is 61.7 Å². The number of rotatable bonds is 3. The minimum atomic E-state index is -0.705. The average molecular weight is 383 g/mol. The molecule has 0 N–H and O–H groups in total. The van der Waals surface area contributed by atoms with Crippen LogP contribution in [0.25, 0.3) is 0 Å². The molecule has 2 saturated carbocycles. The fraction of sp³-hybridized carbons (Fsp3) is 0.636. The Morgan fingerprint density at radius 3 is 2.86 bits per heavy atom. The molecule has 5 aliphatic rings. The number of nitrogens with zero attached hydrogens (tertiary/aromatic N) is 1. The van der Waals surface area contributed by atoms with Crippen molar-refractivity contribution in [1.82, 2.24) is 4.90 Å². The zero-order valence-electron chi connectivity index (χ0n) is 16.3. The lowest BCUT2D eigenvalue weighted by molar-refractivity contribution is -0.214. The number of likely N-dealkylation sites (N-methyl/N-ethyl adjacent to an activating group) is 1. The van der Waals surface area contributed by atoms with Crippen molar-refractivity contribution < 1.29 is 23.8 Å². The summed E-state index contributed by atoms with van der Waals surface area (Å²) in [5.74, 6) is 1.41. The number of benzene rings is 1. The highest BCUT2D eigenvalue weighted by Gasteiger charge is 2.75. The van der Waals surface area contributed by atoms with Crippen LogP contribution in [0.2, 0.25) is 0 Å². The van der Waals surface area contributed by atoms with Gasteiger partial charge in [-0.1, -0.05) is 6.07 Å². The molecule has 1 aromatic rings. The molecule has 4 atom stereocenters. The Labute approximate surface area is 164 Å². The molecule has 6 heteroatoms.